The van der Waals surface area contributed by atoms with Crippen molar-refractivity contribution in [3.63, 3.8) is 0 Å². The molecule has 0 heterocycles. The molecule has 0 radical (unpaired) electrons. The van der Waals surface area contributed by atoms with Gasteiger partial charge in [-0.05, 0) is 57.8 Å². The van der Waals surface area contributed by atoms with E-state index in [0.29, 0.717) is 13.0 Å². The third-order valence-electron chi connectivity index (χ3n) is 6.95. The van der Waals surface area contributed by atoms with Crippen LogP contribution in [0.1, 0.15) is 129 Å². The highest BCUT2D eigenvalue weighted by Crippen LogP contribution is 2.43. The SMILES string of the molecule is CC/C=C\C/C=C\C/C=C\C/C=C\C/C=C\CCCCCCCCCCOCC(COP(=O)(O)OCCN)OC(=O)CCCCC. The van der Waals surface area contributed by atoms with Crippen LogP contribution in [0.3, 0.4) is 0 Å². The van der Waals surface area contributed by atoms with Gasteiger partial charge in [-0.25, -0.2) is 4.57 Å². The zero-order chi connectivity index (χ0) is 33.8. The van der Waals surface area contributed by atoms with Crippen molar-refractivity contribution in [1.29, 1.82) is 0 Å². The molecule has 0 fully saturated rings. The number of hydrogen-bond acceptors (Lipinski definition) is 7. The second kappa shape index (κ2) is 34.5. The van der Waals surface area contributed by atoms with Crippen molar-refractivity contribution in [2.75, 3.05) is 33.0 Å². The predicted octanol–water partition coefficient (Wildman–Crippen LogP) is 9.85. The second-order valence-corrected chi connectivity index (χ2v) is 12.8. The van der Waals surface area contributed by atoms with Gasteiger partial charge >= 0.3 is 13.8 Å². The van der Waals surface area contributed by atoms with E-state index in [-0.39, 0.29) is 32.3 Å². The molecular weight excluding hydrogens is 601 g/mol. The first-order valence-corrected chi connectivity index (χ1v) is 19.3. The molecule has 3 N–H and O–H groups in total. The average molecular weight is 668 g/mol. The van der Waals surface area contributed by atoms with Gasteiger partial charge < -0.3 is 20.1 Å². The van der Waals surface area contributed by atoms with Gasteiger partial charge in [0.2, 0.25) is 0 Å². The Bertz CT molecular complexity index is 885. The van der Waals surface area contributed by atoms with Gasteiger partial charge in [0.25, 0.3) is 0 Å². The minimum absolute atomic E-state index is 0.0959. The molecule has 0 aliphatic rings. The minimum atomic E-state index is -4.25. The maximum Gasteiger partial charge on any atom is 0.472 e. The van der Waals surface area contributed by atoms with E-state index < -0.39 is 13.9 Å². The molecular formula is C37H66NO7P. The number of hydrogen-bond donors (Lipinski definition) is 2. The zero-order valence-corrected chi connectivity index (χ0v) is 29.9. The van der Waals surface area contributed by atoms with Crippen LogP contribution in [0.5, 0.6) is 0 Å². The third kappa shape index (κ3) is 33.6. The molecule has 2 atom stereocenters. The Morgan fingerprint density at radius 1 is 0.674 bits per heavy atom. The van der Waals surface area contributed by atoms with Gasteiger partial charge in [-0.15, -0.1) is 0 Å². The minimum Gasteiger partial charge on any atom is -0.457 e. The molecule has 0 aliphatic carbocycles. The fourth-order valence-corrected chi connectivity index (χ4v) is 5.14. The number of unbranched alkanes of at least 4 members (excludes halogenated alkanes) is 10. The summed E-state index contributed by atoms with van der Waals surface area (Å²) in [6.07, 6.45) is 40.3. The molecule has 9 heteroatoms. The van der Waals surface area contributed by atoms with E-state index in [9.17, 15) is 14.3 Å². The van der Waals surface area contributed by atoms with Crippen LogP contribution in [-0.2, 0) is 27.9 Å². The van der Waals surface area contributed by atoms with Gasteiger partial charge in [0.1, 0.15) is 6.10 Å². The van der Waals surface area contributed by atoms with Crippen LogP contribution in [0, 0.1) is 0 Å². The van der Waals surface area contributed by atoms with Gasteiger partial charge in [0.05, 0.1) is 19.8 Å². The van der Waals surface area contributed by atoms with Gasteiger partial charge in [0, 0.05) is 19.6 Å². The quantitative estimate of drug-likeness (QED) is 0.0307. The molecule has 0 aromatic heterocycles. The first-order valence-electron chi connectivity index (χ1n) is 17.8. The number of esters is 1. The van der Waals surface area contributed by atoms with Crippen molar-refractivity contribution in [3.8, 4) is 0 Å². The highest BCUT2D eigenvalue weighted by molar-refractivity contribution is 7.47. The Hall–Kier alpha value is -1.80. The van der Waals surface area contributed by atoms with Gasteiger partial charge in [-0.1, -0.05) is 126 Å². The predicted molar refractivity (Wildman–Crippen MR) is 192 cm³/mol. The fraction of sp³-hybridized carbons (Fsp3) is 0.703. The maximum absolute atomic E-state index is 12.1. The summed E-state index contributed by atoms with van der Waals surface area (Å²) in [7, 11) is -4.25. The van der Waals surface area contributed by atoms with E-state index in [4.69, 9.17) is 24.3 Å². The first-order chi connectivity index (χ1) is 22.4. The molecule has 0 saturated heterocycles. The lowest BCUT2D eigenvalue weighted by Crippen LogP contribution is -2.28. The zero-order valence-electron chi connectivity index (χ0n) is 29.0. The molecule has 0 saturated carbocycles. The molecule has 0 amide bonds. The number of phosphoric acid groups is 1. The van der Waals surface area contributed by atoms with Gasteiger partial charge in [0.15, 0.2) is 0 Å². The Morgan fingerprint density at radius 3 is 1.78 bits per heavy atom. The average Bonchev–Trinajstić information content (AvgIpc) is 3.04. The van der Waals surface area contributed by atoms with Crippen LogP contribution in [0.15, 0.2) is 60.8 Å². The largest absolute Gasteiger partial charge is 0.472 e. The summed E-state index contributed by atoms with van der Waals surface area (Å²) in [4.78, 5) is 21.9. The summed E-state index contributed by atoms with van der Waals surface area (Å²) in [6.45, 7) is 4.58. The molecule has 0 aromatic carbocycles. The monoisotopic (exact) mass is 667 g/mol. The summed E-state index contributed by atoms with van der Waals surface area (Å²) in [6, 6.07) is 0. The topological polar surface area (TPSA) is 117 Å². The summed E-state index contributed by atoms with van der Waals surface area (Å²) in [5.41, 5.74) is 5.31. The van der Waals surface area contributed by atoms with E-state index in [0.717, 1.165) is 70.6 Å². The number of carbonyl (C=O) groups excluding carboxylic acids is 1. The lowest BCUT2D eigenvalue weighted by atomic mass is 10.1. The number of phosphoric ester groups is 1. The van der Waals surface area contributed by atoms with Crippen molar-refractivity contribution in [2.45, 2.75) is 136 Å². The second-order valence-electron chi connectivity index (χ2n) is 11.4. The fourth-order valence-electron chi connectivity index (χ4n) is 4.37. The molecule has 0 aromatic rings. The molecule has 266 valence electrons. The molecule has 0 aliphatic heterocycles. The summed E-state index contributed by atoms with van der Waals surface area (Å²) < 4.78 is 32.8. The van der Waals surface area contributed by atoms with E-state index in [1.54, 1.807) is 0 Å². The van der Waals surface area contributed by atoms with Gasteiger partial charge in [-0.3, -0.25) is 13.8 Å². The standard InChI is InChI=1S/C37H66NO7P/c1-3-5-7-8-9-10-11-12-13-14-15-16-17-18-19-20-21-22-23-24-25-26-27-29-32-42-34-36(45-37(39)30-28-6-4-2)35-44-46(40,41)43-33-31-38/h5,7,9-10,12-13,15-16,18-19,36H,3-4,6,8,11,14,17,20-35,38H2,1-2H3,(H,40,41)/b7-5-,10-9-,13-12-,16-15-,19-18-. The third-order valence-corrected chi connectivity index (χ3v) is 7.93. The van der Waals surface area contributed by atoms with Crippen molar-refractivity contribution in [1.82, 2.24) is 0 Å². The molecule has 8 nitrogen and oxygen atoms in total. The van der Waals surface area contributed by atoms with Crippen molar-refractivity contribution >= 4 is 13.8 Å². The highest BCUT2D eigenvalue weighted by Gasteiger charge is 2.25. The van der Waals surface area contributed by atoms with Crippen LogP contribution >= 0.6 is 7.82 Å². The van der Waals surface area contributed by atoms with E-state index in [1.807, 2.05) is 0 Å². The van der Waals surface area contributed by atoms with Crippen LogP contribution in [-0.4, -0.2) is 49.9 Å². The van der Waals surface area contributed by atoms with E-state index in [2.05, 4.69) is 74.6 Å². The lowest BCUT2D eigenvalue weighted by molar-refractivity contribution is -0.154. The van der Waals surface area contributed by atoms with Crippen molar-refractivity contribution in [3.05, 3.63) is 60.8 Å². The van der Waals surface area contributed by atoms with Crippen LogP contribution in [0.2, 0.25) is 0 Å². The summed E-state index contributed by atoms with van der Waals surface area (Å²) in [5, 5.41) is 0. The summed E-state index contributed by atoms with van der Waals surface area (Å²) in [5.74, 6) is -0.362. The Kier molecular flexibility index (Phi) is 33.2. The van der Waals surface area contributed by atoms with Crippen LogP contribution < -0.4 is 5.73 Å². The van der Waals surface area contributed by atoms with Crippen molar-refractivity contribution < 1.29 is 32.8 Å². The first kappa shape index (κ1) is 44.2. The molecule has 2 unspecified atom stereocenters. The number of carbonyl (C=O) groups is 1. The number of allylic oxidation sites excluding steroid dienone is 10. The molecule has 0 rings (SSSR count). The van der Waals surface area contributed by atoms with E-state index in [1.165, 1.54) is 38.5 Å². The van der Waals surface area contributed by atoms with Gasteiger partial charge in [-0.2, -0.15) is 0 Å². The number of nitrogens with two attached hydrogens (primary N) is 1. The van der Waals surface area contributed by atoms with Crippen molar-refractivity contribution in [2.24, 2.45) is 5.73 Å². The normalized spacial score (nSPS) is 14.4. The summed E-state index contributed by atoms with van der Waals surface area (Å²) >= 11 is 0. The molecule has 0 bridgehead atoms. The maximum atomic E-state index is 12.1. The molecule has 46 heavy (non-hydrogen) atoms. The van der Waals surface area contributed by atoms with Crippen LogP contribution in [0.4, 0.5) is 0 Å². The smallest absolute Gasteiger partial charge is 0.457 e. The Labute approximate surface area is 281 Å². The molecule has 0 spiro atoms. The number of ether oxygens (including phenoxy) is 2. The number of rotatable bonds is 33. The Balaban J connectivity index is 3.83. The Morgan fingerprint density at radius 2 is 1.22 bits per heavy atom. The van der Waals surface area contributed by atoms with Crippen LogP contribution in [0.25, 0.3) is 0 Å². The van der Waals surface area contributed by atoms with E-state index >= 15 is 0 Å². The highest BCUT2D eigenvalue weighted by atomic mass is 31.2. The lowest BCUT2D eigenvalue weighted by Gasteiger charge is -2.20.